The van der Waals surface area contributed by atoms with E-state index in [-0.39, 0.29) is 17.4 Å². The maximum Gasteiger partial charge on any atom is 0.173 e. The maximum absolute atomic E-state index is 13.8. The zero-order valence-corrected chi connectivity index (χ0v) is 11.6. The molecule has 0 bridgehead atoms. The van der Waals surface area contributed by atoms with Gasteiger partial charge in [0.25, 0.3) is 0 Å². The number of nitrogens with two attached hydrogens (primary N) is 1. The second-order valence-electron chi connectivity index (χ2n) is 4.87. The second-order valence-corrected chi connectivity index (χ2v) is 5.28. The molecule has 0 radical (unpaired) electrons. The molecule has 1 aromatic rings. The highest BCUT2D eigenvalue weighted by Crippen LogP contribution is 2.36. The van der Waals surface area contributed by atoms with Crippen LogP contribution in [0.2, 0.25) is 5.02 Å². The van der Waals surface area contributed by atoms with Gasteiger partial charge in [-0.3, -0.25) is 0 Å². The molecule has 18 heavy (non-hydrogen) atoms. The minimum Gasteiger partial charge on any atom is -0.489 e. The van der Waals surface area contributed by atoms with Gasteiger partial charge in [0, 0.05) is 18.1 Å². The van der Waals surface area contributed by atoms with Gasteiger partial charge in [-0.1, -0.05) is 25.4 Å². The first-order chi connectivity index (χ1) is 8.33. The fraction of sp³-hybridized carbons (Fsp3) is 0.538. The van der Waals surface area contributed by atoms with Gasteiger partial charge in [0.05, 0.1) is 11.6 Å². The first-order valence-corrected chi connectivity index (χ1v) is 6.19. The molecule has 0 aliphatic heterocycles. The van der Waals surface area contributed by atoms with E-state index in [2.05, 4.69) is 0 Å². The summed E-state index contributed by atoms with van der Waals surface area (Å²) in [6.45, 7) is 5.61. The molecule has 0 aliphatic rings. The Labute approximate surface area is 112 Å². The third-order valence-electron chi connectivity index (χ3n) is 2.92. The van der Waals surface area contributed by atoms with Gasteiger partial charge in [-0.15, -0.1) is 0 Å². The van der Waals surface area contributed by atoms with Crippen LogP contribution >= 0.6 is 11.6 Å². The molecule has 5 heteroatoms. The lowest BCUT2D eigenvalue weighted by atomic mass is 9.82. The first-order valence-electron chi connectivity index (χ1n) is 5.81. The van der Waals surface area contributed by atoms with Crippen molar-refractivity contribution in [3.8, 4) is 5.75 Å². The molecular weight excluding hydrogens is 257 g/mol. The van der Waals surface area contributed by atoms with Gasteiger partial charge in [0.15, 0.2) is 11.6 Å². The number of ether oxygens (including phenoxy) is 1. The van der Waals surface area contributed by atoms with Crippen molar-refractivity contribution >= 4 is 11.6 Å². The molecule has 102 valence electrons. The third kappa shape index (κ3) is 3.13. The van der Waals surface area contributed by atoms with Gasteiger partial charge in [-0.05, 0) is 24.6 Å². The van der Waals surface area contributed by atoms with E-state index in [0.29, 0.717) is 12.2 Å². The highest BCUT2D eigenvalue weighted by atomic mass is 35.5. The van der Waals surface area contributed by atoms with Crippen LogP contribution in [-0.4, -0.2) is 18.3 Å². The zero-order chi connectivity index (χ0) is 13.9. The van der Waals surface area contributed by atoms with Crippen LogP contribution in [0.25, 0.3) is 0 Å². The Morgan fingerprint density at radius 1 is 1.50 bits per heavy atom. The molecule has 0 spiro atoms. The van der Waals surface area contributed by atoms with Gasteiger partial charge in [-0.2, -0.15) is 0 Å². The lowest BCUT2D eigenvalue weighted by molar-refractivity contribution is 0.132. The molecule has 0 aliphatic carbocycles. The van der Waals surface area contributed by atoms with Crippen molar-refractivity contribution in [1.29, 1.82) is 0 Å². The number of hydrogen-bond acceptors (Lipinski definition) is 3. The van der Waals surface area contributed by atoms with Crippen molar-refractivity contribution in [1.82, 2.24) is 0 Å². The molecule has 1 rings (SSSR count). The van der Waals surface area contributed by atoms with Crippen molar-refractivity contribution in [3.63, 3.8) is 0 Å². The van der Waals surface area contributed by atoms with Gasteiger partial charge < -0.3 is 15.6 Å². The largest absolute Gasteiger partial charge is 0.489 e. The maximum atomic E-state index is 13.8. The van der Waals surface area contributed by atoms with Crippen LogP contribution in [0.15, 0.2) is 12.1 Å². The summed E-state index contributed by atoms with van der Waals surface area (Å²) in [7, 11) is 0. The number of halogens is 2. The van der Waals surface area contributed by atoms with Crippen molar-refractivity contribution in [2.75, 3.05) is 13.2 Å². The summed E-state index contributed by atoms with van der Waals surface area (Å²) in [5.41, 5.74) is 6.01. The van der Waals surface area contributed by atoms with Crippen LogP contribution in [0.3, 0.4) is 0 Å². The number of aliphatic hydroxyl groups excluding tert-OH is 1. The van der Waals surface area contributed by atoms with Crippen LogP contribution in [0.1, 0.15) is 32.4 Å². The van der Waals surface area contributed by atoms with Crippen molar-refractivity contribution in [3.05, 3.63) is 28.5 Å². The monoisotopic (exact) mass is 275 g/mol. The van der Waals surface area contributed by atoms with Gasteiger partial charge in [-0.25, -0.2) is 4.39 Å². The summed E-state index contributed by atoms with van der Waals surface area (Å²) < 4.78 is 18.9. The first kappa shape index (κ1) is 15.2. The molecule has 1 aromatic carbocycles. The molecule has 0 saturated heterocycles. The molecule has 0 fully saturated rings. The molecular formula is C13H19ClFNO2. The Bertz CT molecular complexity index is 400. The average molecular weight is 276 g/mol. The van der Waals surface area contributed by atoms with Crippen LogP contribution in [0.5, 0.6) is 5.75 Å². The summed E-state index contributed by atoms with van der Waals surface area (Å²) in [4.78, 5) is 0. The standard InChI is InChI=1S/C13H19ClFNO2/c1-4-18-11-9(14)5-8(6-10(11)15)12(16)13(2,3)7-17/h5-6,12,17H,4,7,16H2,1-3H3/t12-/m0/s1. The number of benzene rings is 1. The van der Waals surface area contributed by atoms with E-state index in [1.807, 2.05) is 0 Å². The van der Waals surface area contributed by atoms with Crippen LogP contribution in [0.4, 0.5) is 4.39 Å². The van der Waals surface area contributed by atoms with Crippen LogP contribution in [0, 0.1) is 11.2 Å². The molecule has 3 N–H and O–H groups in total. The van der Waals surface area contributed by atoms with E-state index in [9.17, 15) is 9.50 Å². The van der Waals surface area contributed by atoms with E-state index in [1.54, 1.807) is 26.8 Å². The van der Waals surface area contributed by atoms with Crippen LogP contribution in [-0.2, 0) is 0 Å². The summed E-state index contributed by atoms with van der Waals surface area (Å²) in [6, 6.07) is 2.38. The summed E-state index contributed by atoms with van der Waals surface area (Å²) >= 11 is 5.97. The fourth-order valence-electron chi connectivity index (χ4n) is 1.59. The lowest BCUT2D eigenvalue weighted by Gasteiger charge is -2.30. The highest BCUT2D eigenvalue weighted by molar-refractivity contribution is 6.32. The van der Waals surface area contributed by atoms with Crippen molar-refractivity contribution in [2.24, 2.45) is 11.1 Å². The van der Waals surface area contributed by atoms with E-state index in [1.165, 1.54) is 6.07 Å². The Hall–Kier alpha value is -0.840. The Kier molecular flexibility index (Phi) is 4.96. The summed E-state index contributed by atoms with van der Waals surface area (Å²) in [6.07, 6.45) is 0. The smallest absolute Gasteiger partial charge is 0.173 e. The molecule has 0 heterocycles. The average Bonchev–Trinajstić information content (AvgIpc) is 2.32. The minimum atomic E-state index is -0.553. The fourth-order valence-corrected chi connectivity index (χ4v) is 1.86. The van der Waals surface area contributed by atoms with Gasteiger partial charge >= 0.3 is 0 Å². The van der Waals surface area contributed by atoms with Crippen molar-refractivity contribution < 1.29 is 14.2 Å². The minimum absolute atomic E-state index is 0.0388. The Balaban J connectivity index is 3.13. The Morgan fingerprint density at radius 3 is 2.56 bits per heavy atom. The predicted octanol–water partition coefficient (Wildman–Crippen LogP) is 2.90. The predicted molar refractivity (Wildman–Crippen MR) is 70.4 cm³/mol. The lowest BCUT2D eigenvalue weighted by Crippen LogP contribution is -2.32. The molecule has 3 nitrogen and oxygen atoms in total. The van der Waals surface area contributed by atoms with E-state index in [4.69, 9.17) is 22.1 Å². The zero-order valence-electron chi connectivity index (χ0n) is 10.8. The molecule has 0 unspecified atom stereocenters. The van der Waals surface area contributed by atoms with Crippen LogP contribution < -0.4 is 10.5 Å². The van der Waals surface area contributed by atoms with E-state index < -0.39 is 17.3 Å². The summed E-state index contributed by atoms with van der Waals surface area (Å²) in [5, 5.41) is 9.46. The highest BCUT2D eigenvalue weighted by Gasteiger charge is 2.28. The molecule has 0 saturated carbocycles. The molecule has 1 atom stereocenters. The quantitative estimate of drug-likeness (QED) is 0.869. The SMILES string of the molecule is CCOc1c(F)cc([C@H](N)C(C)(C)CO)cc1Cl. The second kappa shape index (κ2) is 5.87. The number of rotatable bonds is 5. The van der Waals surface area contributed by atoms with Gasteiger partial charge in [0.2, 0.25) is 0 Å². The molecule has 0 amide bonds. The Morgan fingerprint density at radius 2 is 2.11 bits per heavy atom. The topological polar surface area (TPSA) is 55.5 Å². The third-order valence-corrected chi connectivity index (χ3v) is 3.20. The van der Waals surface area contributed by atoms with E-state index >= 15 is 0 Å². The number of hydrogen-bond donors (Lipinski definition) is 2. The number of aliphatic hydroxyl groups is 1. The normalized spacial score (nSPS) is 13.5. The molecule has 0 aromatic heterocycles. The summed E-state index contributed by atoms with van der Waals surface area (Å²) in [5.74, 6) is -0.500. The van der Waals surface area contributed by atoms with Crippen molar-refractivity contribution in [2.45, 2.75) is 26.8 Å². The van der Waals surface area contributed by atoms with E-state index in [0.717, 1.165) is 0 Å². The van der Waals surface area contributed by atoms with Gasteiger partial charge in [0.1, 0.15) is 0 Å².